The van der Waals surface area contributed by atoms with Crippen LogP contribution in [0.3, 0.4) is 0 Å². The molecule has 0 fully saturated rings. The van der Waals surface area contributed by atoms with Gasteiger partial charge in [-0.25, -0.2) is 0 Å². The highest BCUT2D eigenvalue weighted by Gasteiger charge is 2.48. The van der Waals surface area contributed by atoms with Crippen LogP contribution in [0.2, 0.25) is 0 Å². The molecule has 2 aromatic rings. The van der Waals surface area contributed by atoms with Crippen LogP contribution in [0.25, 0.3) is 16.5 Å². The van der Waals surface area contributed by atoms with E-state index in [0.29, 0.717) is 11.1 Å². The second-order valence-electron chi connectivity index (χ2n) is 4.21. The first-order chi connectivity index (χ1) is 10.7. The molecule has 124 valence electrons. The van der Waals surface area contributed by atoms with E-state index >= 15 is 0 Å². The predicted octanol–water partition coefficient (Wildman–Crippen LogP) is 2.52. The molecule has 0 spiro atoms. The summed E-state index contributed by atoms with van der Waals surface area (Å²) in [5.41, 5.74) is 0.891. The third-order valence-electron chi connectivity index (χ3n) is 2.71. The van der Waals surface area contributed by atoms with E-state index in [0.717, 1.165) is 17.6 Å². The Kier molecular flexibility index (Phi) is 4.61. The Morgan fingerprint density at radius 3 is 2.70 bits per heavy atom. The first-order valence-corrected chi connectivity index (χ1v) is 8.17. The average molecular weight is 365 g/mol. The van der Waals surface area contributed by atoms with Gasteiger partial charge in [-0.2, -0.15) is 26.0 Å². The first kappa shape index (κ1) is 17.2. The van der Waals surface area contributed by atoms with Crippen LogP contribution in [0.5, 0.6) is 5.75 Å². The fourth-order valence-corrected chi connectivity index (χ4v) is 2.82. The van der Waals surface area contributed by atoms with E-state index in [1.54, 1.807) is 6.07 Å². The molecule has 0 saturated heterocycles. The van der Waals surface area contributed by atoms with E-state index in [-0.39, 0.29) is 10.9 Å². The van der Waals surface area contributed by atoms with Gasteiger partial charge in [0, 0.05) is 30.4 Å². The van der Waals surface area contributed by atoms with Crippen LogP contribution in [0, 0.1) is 0 Å². The highest BCUT2D eigenvalue weighted by molar-refractivity contribution is 7.88. The van der Waals surface area contributed by atoms with E-state index in [9.17, 15) is 21.6 Å². The molecule has 0 aliphatic heterocycles. The molecule has 0 bridgehead atoms. The van der Waals surface area contributed by atoms with Crippen LogP contribution in [0.1, 0.15) is 5.56 Å². The van der Waals surface area contributed by atoms with Crippen molar-refractivity contribution in [1.82, 2.24) is 4.37 Å². The number of aliphatic imine (C=N–C) groups is 1. The lowest BCUT2D eigenvalue weighted by Gasteiger charge is -2.11. The summed E-state index contributed by atoms with van der Waals surface area (Å²) < 4.78 is 68.2. The van der Waals surface area contributed by atoms with Crippen LogP contribution < -0.4 is 9.92 Å². The topological polar surface area (TPSA) is 94.6 Å². The minimum absolute atomic E-state index is 0.149. The van der Waals surface area contributed by atoms with Gasteiger partial charge in [-0.05, 0) is 29.2 Å². The summed E-state index contributed by atoms with van der Waals surface area (Å²) in [4.78, 5) is 3.76. The molecule has 0 unspecified atom stereocenters. The normalized spacial score (nSPS) is 13.8. The van der Waals surface area contributed by atoms with Crippen molar-refractivity contribution in [2.75, 3.05) is 7.05 Å². The molecular formula is C12H10F3N3O3S2. The van der Waals surface area contributed by atoms with Crippen molar-refractivity contribution in [3.05, 3.63) is 29.3 Å². The van der Waals surface area contributed by atoms with Crippen molar-refractivity contribution in [2.24, 2.45) is 10.7 Å². The van der Waals surface area contributed by atoms with Crippen molar-refractivity contribution >= 4 is 44.3 Å². The zero-order valence-electron chi connectivity index (χ0n) is 11.5. The zero-order valence-corrected chi connectivity index (χ0v) is 13.2. The SMILES string of the molecule is CN=C/C(=C\N)c1cc(OS(=O)(=O)C(F)(F)F)c2csnc2c1. The molecule has 0 atom stereocenters. The first-order valence-electron chi connectivity index (χ1n) is 5.93. The van der Waals surface area contributed by atoms with Crippen LogP contribution in [-0.2, 0) is 10.1 Å². The monoisotopic (exact) mass is 365 g/mol. The number of nitrogens with two attached hydrogens (primary N) is 1. The second-order valence-corrected chi connectivity index (χ2v) is 6.38. The number of hydrogen-bond acceptors (Lipinski definition) is 7. The number of benzene rings is 1. The molecule has 2 rings (SSSR count). The quantitative estimate of drug-likeness (QED) is 0.510. The highest BCUT2D eigenvalue weighted by atomic mass is 32.2. The van der Waals surface area contributed by atoms with E-state index < -0.39 is 21.4 Å². The number of fused-ring (bicyclic) bond motifs is 1. The fourth-order valence-electron chi connectivity index (χ4n) is 1.70. The highest BCUT2D eigenvalue weighted by Crippen LogP contribution is 2.34. The smallest absolute Gasteiger partial charge is 0.404 e. The lowest BCUT2D eigenvalue weighted by molar-refractivity contribution is -0.0499. The number of hydrogen-bond donors (Lipinski definition) is 1. The van der Waals surface area contributed by atoms with E-state index in [4.69, 9.17) is 5.73 Å². The summed E-state index contributed by atoms with van der Waals surface area (Å²) in [7, 11) is -4.31. The summed E-state index contributed by atoms with van der Waals surface area (Å²) in [5, 5.41) is 1.54. The summed E-state index contributed by atoms with van der Waals surface area (Å²) in [6, 6.07) is 2.68. The van der Waals surface area contributed by atoms with Gasteiger partial charge in [-0.3, -0.25) is 4.99 Å². The third-order valence-corrected chi connectivity index (χ3v) is 4.32. The largest absolute Gasteiger partial charge is 0.534 e. The van der Waals surface area contributed by atoms with Crippen LogP contribution in [-0.4, -0.2) is 31.6 Å². The van der Waals surface area contributed by atoms with Crippen LogP contribution >= 0.6 is 11.5 Å². The van der Waals surface area contributed by atoms with Crippen LogP contribution in [0.15, 0.2) is 28.7 Å². The molecule has 1 heterocycles. The van der Waals surface area contributed by atoms with Gasteiger partial charge in [-0.1, -0.05) is 0 Å². The molecule has 0 saturated carbocycles. The van der Waals surface area contributed by atoms with E-state index in [2.05, 4.69) is 13.5 Å². The number of allylic oxidation sites excluding steroid dienone is 1. The van der Waals surface area contributed by atoms with Gasteiger partial charge >= 0.3 is 15.6 Å². The van der Waals surface area contributed by atoms with Gasteiger partial charge in [-0.15, -0.1) is 0 Å². The zero-order chi connectivity index (χ0) is 17.3. The van der Waals surface area contributed by atoms with Crippen LogP contribution in [0.4, 0.5) is 13.2 Å². The summed E-state index contributed by atoms with van der Waals surface area (Å²) in [6.07, 6.45) is 2.55. The molecule has 1 aromatic carbocycles. The molecule has 11 heteroatoms. The molecule has 6 nitrogen and oxygen atoms in total. The Balaban J connectivity index is 2.62. The Morgan fingerprint density at radius 1 is 1.43 bits per heavy atom. The molecule has 0 radical (unpaired) electrons. The predicted molar refractivity (Wildman–Crippen MR) is 81.8 cm³/mol. The molecule has 0 aliphatic carbocycles. The lowest BCUT2D eigenvalue weighted by Crippen LogP contribution is -2.28. The Bertz CT molecular complexity index is 886. The Morgan fingerprint density at radius 2 is 2.13 bits per heavy atom. The minimum atomic E-state index is -5.79. The van der Waals surface area contributed by atoms with Gasteiger partial charge in [0.25, 0.3) is 0 Å². The Hall–Kier alpha value is -2.14. The number of alkyl halides is 3. The molecular weight excluding hydrogens is 355 g/mol. The van der Waals surface area contributed by atoms with Gasteiger partial charge in [0.1, 0.15) is 0 Å². The third kappa shape index (κ3) is 3.45. The van der Waals surface area contributed by atoms with Crippen molar-refractivity contribution in [1.29, 1.82) is 0 Å². The number of aromatic nitrogens is 1. The second kappa shape index (κ2) is 6.16. The number of nitrogens with zero attached hydrogens (tertiary/aromatic N) is 2. The summed E-state index contributed by atoms with van der Waals surface area (Å²) in [6.45, 7) is 0. The standard InChI is InChI=1S/C12H10F3N3O3S2/c1-17-5-8(4-16)7-2-10-9(6-22-18-10)11(3-7)21-23(19,20)12(13,14)15/h2-6H,16H2,1H3/b8-4+,17-5?. The van der Waals surface area contributed by atoms with Gasteiger partial charge in [0.05, 0.1) is 10.9 Å². The van der Waals surface area contributed by atoms with Crippen molar-refractivity contribution in [3.8, 4) is 5.75 Å². The van der Waals surface area contributed by atoms with Crippen molar-refractivity contribution in [2.45, 2.75) is 5.51 Å². The molecule has 0 amide bonds. The lowest BCUT2D eigenvalue weighted by atomic mass is 10.1. The van der Waals surface area contributed by atoms with Crippen molar-refractivity contribution in [3.63, 3.8) is 0 Å². The maximum Gasteiger partial charge on any atom is 0.534 e. The fraction of sp³-hybridized carbons (Fsp3) is 0.167. The van der Waals surface area contributed by atoms with Gasteiger partial charge < -0.3 is 9.92 Å². The Labute approximate surface area is 133 Å². The number of halogens is 3. The van der Waals surface area contributed by atoms with Crippen molar-refractivity contribution < 1.29 is 25.8 Å². The minimum Gasteiger partial charge on any atom is -0.404 e. The maximum absolute atomic E-state index is 12.5. The maximum atomic E-state index is 12.5. The number of rotatable bonds is 4. The average Bonchev–Trinajstić information content (AvgIpc) is 2.91. The summed E-state index contributed by atoms with van der Waals surface area (Å²) >= 11 is 0.951. The van der Waals surface area contributed by atoms with Gasteiger partial charge in [0.15, 0.2) is 5.75 Å². The van der Waals surface area contributed by atoms with Gasteiger partial charge in [0.2, 0.25) is 0 Å². The summed E-state index contributed by atoms with van der Waals surface area (Å²) in [5.74, 6) is -0.479. The molecule has 1 aromatic heterocycles. The molecule has 2 N–H and O–H groups in total. The van der Waals surface area contributed by atoms with E-state index in [1.807, 2.05) is 0 Å². The molecule has 0 aliphatic rings. The van der Waals surface area contributed by atoms with E-state index in [1.165, 1.54) is 24.8 Å². The molecule has 23 heavy (non-hydrogen) atoms.